The third-order valence-corrected chi connectivity index (χ3v) is 4.97. The SMILES string of the molecule is Cc1ccc(CCN(CC2CCCO2)C(=O)c2cccc(OCC(=O)O)c2)cc1. The fourth-order valence-corrected chi connectivity index (χ4v) is 3.38. The number of ether oxygens (including phenoxy) is 2. The number of benzene rings is 2. The molecule has 0 saturated carbocycles. The molecule has 2 aromatic carbocycles. The molecule has 1 aliphatic heterocycles. The quantitative estimate of drug-likeness (QED) is 0.702. The van der Waals surface area contributed by atoms with Crippen molar-refractivity contribution in [3.8, 4) is 5.75 Å². The third-order valence-electron chi connectivity index (χ3n) is 4.97. The largest absolute Gasteiger partial charge is 0.482 e. The van der Waals surface area contributed by atoms with Crippen LogP contribution in [0.5, 0.6) is 5.75 Å². The van der Waals surface area contributed by atoms with E-state index in [2.05, 4.69) is 31.2 Å². The van der Waals surface area contributed by atoms with E-state index in [0.717, 1.165) is 25.9 Å². The Hall–Kier alpha value is -2.86. The Kier molecular flexibility index (Phi) is 7.25. The summed E-state index contributed by atoms with van der Waals surface area (Å²) in [5.74, 6) is -0.790. The van der Waals surface area contributed by atoms with Crippen molar-refractivity contribution in [1.82, 2.24) is 4.90 Å². The number of carbonyl (C=O) groups is 2. The monoisotopic (exact) mass is 397 g/mol. The van der Waals surface area contributed by atoms with Crippen molar-refractivity contribution in [1.29, 1.82) is 0 Å². The number of hydrogen-bond acceptors (Lipinski definition) is 4. The van der Waals surface area contributed by atoms with Gasteiger partial charge in [-0.3, -0.25) is 4.79 Å². The summed E-state index contributed by atoms with van der Waals surface area (Å²) in [6, 6.07) is 15.0. The standard InChI is InChI=1S/C23H27NO5/c1-17-7-9-18(10-8-17)11-12-24(15-21-6-3-13-28-21)23(27)19-4-2-5-20(14-19)29-16-22(25)26/h2,4-5,7-10,14,21H,3,6,11-13,15-16H2,1H3,(H,25,26). The summed E-state index contributed by atoms with van der Waals surface area (Å²) in [5, 5.41) is 8.78. The highest BCUT2D eigenvalue weighted by Gasteiger charge is 2.23. The second kappa shape index (κ2) is 10.1. The van der Waals surface area contributed by atoms with Gasteiger partial charge in [-0.1, -0.05) is 35.9 Å². The molecule has 1 heterocycles. The number of amides is 1. The maximum atomic E-state index is 13.2. The van der Waals surface area contributed by atoms with Crippen LogP contribution in [0, 0.1) is 6.92 Å². The third kappa shape index (κ3) is 6.32. The van der Waals surface area contributed by atoms with Crippen LogP contribution in [0.3, 0.4) is 0 Å². The van der Waals surface area contributed by atoms with E-state index in [1.54, 1.807) is 24.3 Å². The van der Waals surface area contributed by atoms with Crippen LogP contribution in [0.1, 0.15) is 34.3 Å². The molecule has 1 N–H and O–H groups in total. The summed E-state index contributed by atoms with van der Waals surface area (Å²) in [5.41, 5.74) is 2.87. The van der Waals surface area contributed by atoms with E-state index < -0.39 is 12.6 Å². The van der Waals surface area contributed by atoms with Gasteiger partial charge in [-0.15, -0.1) is 0 Å². The van der Waals surface area contributed by atoms with E-state index in [1.165, 1.54) is 11.1 Å². The average molecular weight is 397 g/mol. The minimum atomic E-state index is -1.06. The van der Waals surface area contributed by atoms with Crippen LogP contribution in [-0.2, 0) is 16.0 Å². The second-order valence-corrected chi connectivity index (χ2v) is 7.33. The van der Waals surface area contributed by atoms with Gasteiger partial charge < -0.3 is 19.5 Å². The Morgan fingerprint density at radius 3 is 2.69 bits per heavy atom. The van der Waals surface area contributed by atoms with Crippen LogP contribution in [0.25, 0.3) is 0 Å². The molecular formula is C23H27NO5. The smallest absolute Gasteiger partial charge is 0.341 e. The molecule has 0 radical (unpaired) electrons. The van der Waals surface area contributed by atoms with E-state index in [0.29, 0.717) is 24.4 Å². The zero-order valence-electron chi connectivity index (χ0n) is 16.7. The highest BCUT2D eigenvalue weighted by molar-refractivity contribution is 5.94. The first kappa shape index (κ1) is 20.9. The summed E-state index contributed by atoms with van der Waals surface area (Å²) >= 11 is 0. The second-order valence-electron chi connectivity index (χ2n) is 7.33. The van der Waals surface area contributed by atoms with Gasteiger partial charge in [0.05, 0.1) is 6.10 Å². The molecule has 1 saturated heterocycles. The number of hydrogen-bond donors (Lipinski definition) is 1. The van der Waals surface area contributed by atoms with Crippen LogP contribution in [0.2, 0.25) is 0 Å². The lowest BCUT2D eigenvalue weighted by molar-refractivity contribution is -0.139. The van der Waals surface area contributed by atoms with E-state index in [1.807, 2.05) is 4.90 Å². The average Bonchev–Trinajstić information content (AvgIpc) is 3.23. The Balaban J connectivity index is 1.71. The van der Waals surface area contributed by atoms with Crippen molar-refractivity contribution in [3.63, 3.8) is 0 Å². The maximum Gasteiger partial charge on any atom is 0.341 e. The lowest BCUT2D eigenvalue weighted by Crippen LogP contribution is -2.38. The molecule has 2 aromatic rings. The first-order valence-electron chi connectivity index (χ1n) is 9.92. The number of carboxylic acid groups (broad SMARTS) is 1. The zero-order valence-corrected chi connectivity index (χ0v) is 16.7. The van der Waals surface area contributed by atoms with Crippen molar-refractivity contribution in [2.24, 2.45) is 0 Å². The molecular weight excluding hydrogens is 370 g/mol. The van der Waals surface area contributed by atoms with Gasteiger partial charge in [0.2, 0.25) is 0 Å². The number of rotatable bonds is 9. The fourth-order valence-electron chi connectivity index (χ4n) is 3.38. The number of aryl methyl sites for hydroxylation is 1. The normalized spacial score (nSPS) is 15.8. The predicted molar refractivity (Wildman–Crippen MR) is 109 cm³/mol. The Labute approximate surface area is 171 Å². The van der Waals surface area contributed by atoms with E-state index in [4.69, 9.17) is 14.6 Å². The topological polar surface area (TPSA) is 76.1 Å². The molecule has 1 atom stereocenters. The molecule has 0 aromatic heterocycles. The van der Waals surface area contributed by atoms with Gasteiger partial charge in [-0.25, -0.2) is 4.79 Å². The predicted octanol–water partition coefficient (Wildman–Crippen LogP) is 3.32. The van der Waals surface area contributed by atoms with Gasteiger partial charge >= 0.3 is 5.97 Å². The Morgan fingerprint density at radius 2 is 2.00 bits per heavy atom. The molecule has 1 unspecified atom stereocenters. The highest BCUT2D eigenvalue weighted by Crippen LogP contribution is 2.19. The lowest BCUT2D eigenvalue weighted by atomic mass is 10.1. The highest BCUT2D eigenvalue weighted by atomic mass is 16.5. The van der Waals surface area contributed by atoms with Crippen molar-refractivity contribution in [2.45, 2.75) is 32.3 Å². The van der Waals surface area contributed by atoms with Crippen molar-refractivity contribution in [3.05, 3.63) is 65.2 Å². The number of nitrogens with zero attached hydrogens (tertiary/aromatic N) is 1. The zero-order chi connectivity index (χ0) is 20.6. The van der Waals surface area contributed by atoms with Crippen molar-refractivity contribution >= 4 is 11.9 Å². The summed E-state index contributed by atoms with van der Waals surface area (Å²) in [6.07, 6.45) is 2.79. The molecule has 29 heavy (non-hydrogen) atoms. The van der Waals surface area contributed by atoms with Crippen molar-refractivity contribution in [2.75, 3.05) is 26.3 Å². The molecule has 1 aliphatic rings. The Bertz CT molecular complexity index is 827. The summed E-state index contributed by atoms with van der Waals surface area (Å²) in [6.45, 7) is 3.48. The van der Waals surface area contributed by atoms with E-state index in [-0.39, 0.29) is 12.0 Å². The molecule has 1 fully saturated rings. The summed E-state index contributed by atoms with van der Waals surface area (Å²) in [4.78, 5) is 25.7. The molecule has 0 bridgehead atoms. The first-order chi connectivity index (χ1) is 14.0. The van der Waals surface area contributed by atoms with E-state index >= 15 is 0 Å². The van der Waals surface area contributed by atoms with Gasteiger partial charge in [0.15, 0.2) is 6.61 Å². The van der Waals surface area contributed by atoms with Gasteiger partial charge in [-0.2, -0.15) is 0 Å². The van der Waals surface area contributed by atoms with Gasteiger partial charge in [-0.05, 0) is 49.9 Å². The molecule has 6 nitrogen and oxygen atoms in total. The van der Waals surface area contributed by atoms with Gasteiger partial charge in [0.1, 0.15) is 5.75 Å². The summed E-state index contributed by atoms with van der Waals surface area (Å²) in [7, 11) is 0. The van der Waals surface area contributed by atoms with Gasteiger partial charge in [0, 0.05) is 25.3 Å². The first-order valence-corrected chi connectivity index (χ1v) is 9.92. The minimum absolute atomic E-state index is 0.0587. The lowest BCUT2D eigenvalue weighted by Gasteiger charge is -2.26. The number of carbonyl (C=O) groups excluding carboxylic acids is 1. The molecule has 3 rings (SSSR count). The van der Waals surface area contributed by atoms with Crippen LogP contribution >= 0.6 is 0 Å². The van der Waals surface area contributed by atoms with Gasteiger partial charge in [0.25, 0.3) is 5.91 Å². The minimum Gasteiger partial charge on any atom is -0.482 e. The Morgan fingerprint density at radius 1 is 1.21 bits per heavy atom. The number of carboxylic acids is 1. The maximum absolute atomic E-state index is 13.2. The summed E-state index contributed by atoms with van der Waals surface area (Å²) < 4.78 is 11.0. The van der Waals surface area contributed by atoms with E-state index in [9.17, 15) is 9.59 Å². The van der Waals surface area contributed by atoms with Crippen LogP contribution in [0.4, 0.5) is 0 Å². The van der Waals surface area contributed by atoms with Crippen LogP contribution < -0.4 is 4.74 Å². The van der Waals surface area contributed by atoms with Crippen LogP contribution in [0.15, 0.2) is 48.5 Å². The van der Waals surface area contributed by atoms with Crippen molar-refractivity contribution < 1.29 is 24.2 Å². The molecule has 0 spiro atoms. The molecule has 6 heteroatoms. The number of aliphatic carboxylic acids is 1. The molecule has 154 valence electrons. The molecule has 1 amide bonds. The fraction of sp³-hybridized carbons (Fsp3) is 0.391. The van der Waals surface area contributed by atoms with Crippen LogP contribution in [-0.4, -0.2) is 54.3 Å². The molecule has 0 aliphatic carbocycles.